The molecule has 4 amide bonds. The number of aromatic nitrogens is 2. The number of carbonyl (C=O) groups is 6. The lowest BCUT2D eigenvalue weighted by Crippen LogP contribution is -2.53. The number of Topliss-reactive ketones (excluding diaryl/α,β-unsaturated/α-hetero) is 2. The van der Waals surface area contributed by atoms with Gasteiger partial charge in [-0.3, -0.25) is 39.2 Å². The maximum absolute atomic E-state index is 14.0. The predicted octanol–water partition coefficient (Wildman–Crippen LogP) is 8.14. The molecule has 0 saturated carbocycles. The zero-order chi connectivity index (χ0) is 69.2. The Bertz CT molecular complexity index is 4190. The molecular formula is C69H72Cl2F2N14O10S2. The van der Waals surface area contributed by atoms with E-state index in [1.165, 1.54) is 73.3 Å². The van der Waals surface area contributed by atoms with Crippen LogP contribution in [0.4, 0.5) is 41.1 Å². The number of thiazole rings is 2. The molecule has 0 aliphatic carbocycles. The molecule has 2 aromatic heterocycles. The summed E-state index contributed by atoms with van der Waals surface area (Å²) < 4.78 is 49.9. The SMILES string of the molecule is COC(=O)C1=C(CN2CCN3C(=O)N(c4ccc(N5CCOC(C(C)=O)C5)cc4)C[C@@H]3C2)NC(c2nccs2)=N[C@H]1c1ccc(F)cc1Cl.COC(=O)C1=C(CN2CCN3C(=O)N(c4ccc(N5CCOC(CC(C)=O)C5)cc4)C[C@@H]3C2)NC(c2nccs2)=N[C@H]1c1ccc(F)cc1Cl. The summed E-state index contributed by atoms with van der Waals surface area (Å²) in [7, 11) is 2.62. The van der Waals surface area contributed by atoms with Gasteiger partial charge in [-0.1, -0.05) is 35.3 Å². The smallest absolute Gasteiger partial charge is 0.338 e. The van der Waals surface area contributed by atoms with Gasteiger partial charge in [0.2, 0.25) is 0 Å². The molecule has 6 fully saturated rings. The first-order chi connectivity index (χ1) is 47.9. The molecule has 0 spiro atoms. The molecule has 4 aromatic carbocycles. The normalized spacial score (nSPS) is 22.8. The Hall–Kier alpha value is -8.74. The second-order valence-corrected chi connectivity index (χ2v) is 27.6. The third-order valence-corrected chi connectivity index (χ3v) is 20.9. The molecule has 2 unspecified atom stereocenters. The van der Waals surface area contributed by atoms with Crippen molar-refractivity contribution in [1.29, 1.82) is 0 Å². The molecule has 8 aliphatic heterocycles. The minimum Gasteiger partial charge on any atom is -0.466 e. The Morgan fingerprint density at radius 1 is 0.576 bits per heavy atom. The van der Waals surface area contributed by atoms with Crippen LogP contribution in [0.15, 0.2) is 141 Å². The van der Waals surface area contributed by atoms with E-state index in [1.807, 2.05) is 74.0 Å². The summed E-state index contributed by atoms with van der Waals surface area (Å²) >= 11 is 15.8. The van der Waals surface area contributed by atoms with E-state index in [0.717, 1.165) is 29.3 Å². The number of urea groups is 2. The number of benzene rings is 4. The van der Waals surface area contributed by atoms with Crippen molar-refractivity contribution in [3.05, 3.63) is 173 Å². The van der Waals surface area contributed by atoms with Crippen LogP contribution in [0, 0.1) is 11.6 Å². The van der Waals surface area contributed by atoms with Crippen molar-refractivity contribution >= 4 is 116 Å². The summed E-state index contributed by atoms with van der Waals surface area (Å²) in [6.07, 6.45) is 3.18. The van der Waals surface area contributed by atoms with Crippen LogP contribution in [-0.4, -0.2) is 220 Å². The third-order valence-electron chi connectivity index (χ3n) is 18.7. The van der Waals surface area contributed by atoms with Gasteiger partial charge in [-0.25, -0.2) is 37.9 Å². The lowest BCUT2D eigenvalue weighted by Gasteiger charge is -2.38. The lowest BCUT2D eigenvalue weighted by atomic mass is 9.95. The first-order valence-corrected chi connectivity index (χ1v) is 35.0. The van der Waals surface area contributed by atoms with E-state index in [4.69, 9.17) is 52.1 Å². The summed E-state index contributed by atoms with van der Waals surface area (Å²) in [5, 5.41) is 11.9. The number of anilines is 4. The molecule has 8 aliphatic rings. The summed E-state index contributed by atoms with van der Waals surface area (Å²) in [5.74, 6) is -1.07. The van der Waals surface area contributed by atoms with Gasteiger partial charge in [0.1, 0.15) is 35.6 Å². The summed E-state index contributed by atoms with van der Waals surface area (Å²) in [5.41, 5.74) is 6.29. The monoisotopic (exact) mass is 1430 g/mol. The van der Waals surface area contributed by atoms with Gasteiger partial charge in [-0.2, -0.15) is 0 Å². The fraction of sp³-hybridized carbons (Fsp3) is 0.391. The van der Waals surface area contributed by atoms with Gasteiger partial charge in [0.15, 0.2) is 27.5 Å². The number of morpholine rings is 2. The van der Waals surface area contributed by atoms with Crippen LogP contribution >= 0.6 is 45.9 Å². The van der Waals surface area contributed by atoms with E-state index in [2.05, 4.69) is 40.2 Å². The molecule has 99 heavy (non-hydrogen) atoms. The highest BCUT2D eigenvalue weighted by molar-refractivity contribution is 7.12. The Morgan fingerprint density at radius 2 is 1.02 bits per heavy atom. The van der Waals surface area contributed by atoms with Gasteiger partial charge in [0, 0.05) is 170 Å². The van der Waals surface area contributed by atoms with Crippen LogP contribution in [0.3, 0.4) is 0 Å². The number of hydrogen-bond acceptors (Lipinski definition) is 22. The number of nitrogens with zero attached hydrogens (tertiary/aromatic N) is 12. The highest BCUT2D eigenvalue weighted by atomic mass is 35.5. The Kier molecular flexibility index (Phi) is 20.8. The minimum absolute atomic E-state index is 0.0111. The zero-order valence-electron chi connectivity index (χ0n) is 54.7. The molecule has 14 rings (SSSR count). The van der Waals surface area contributed by atoms with Crippen molar-refractivity contribution in [1.82, 2.24) is 40.2 Å². The van der Waals surface area contributed by atoms with E-state index in [0.29, 0.717) is 149 Å². The number of amides is 4. The first kappa shape index (κ1) is 68.8. The van der Waals surface area contributed by atoms with Crippen molar-refractivity contribution in [2.75, 3.05) is 139 Å². The molecular weight excluding hydrogens is 1360 g/mol. The zero-order valence-corrected chi connectivity index (χ0v) is 57.8. The maximum Gasteiger partial charge on any atom is 0.338 e. The Labute approximate surface area is 588 Å². The van der Waals surface area contributed by atoms with Crippen LogP contribution in [0.5, 0.6) is 0 Å². The Morgan fingerprint density at radius 3 is 1.43 bits per heavy atom. The number of aliphatic imine (C=N–C) groups is 2. The van der Waals surface area contributed by atoms with Crippen LogP contribution < -0.4 is 30.2 Å². The average molecular weight is 1430 g/mol. The lowest BCUT2D eigenvalue weighted by molar-refractivity contribution is -0.137. The van der Waals surface area contributed by atoms with Crippen molar-refractivity contribution in [2.24, 2.45) is 9.98 Å². The highest BCUT2D eigenvalue weighted by Crippen LogP contribution is 2.40. The molecule has 2 N–H and O–H groups in total. The van der Waals surface area contributed by atoms with Crippen LogP contribution in [-0.2, 0) is 38.1 Å². The van der Waals surface area contributed by atoms with E-state index < -0.39 is 41.8 Å². The third kappa shape index (κ3) is 14.9. The number of halogens is 4. The van der Waals surface area contributed by atoms with E-state index in [9.17, 15) is 37.5 Å². The fourth-order valence-corrected chi connectivity index (χ4v) is 15.6. The number of methoxy groups -OCH3 is 2. The molecule has 10 heterocycles. The summed E-state index contributed by atoms with van der Waals surface area (Å²) in [6.45, 7) is 11.8. The van der Waals surface area contributed by atoms with E-state index >= 15 is 0 Å². The number of fused-ring (bicyclic) bond motifs is 2. The van der Waals surface area contributed by atoms with Gasteiger partial charge in [0.05, 0.1) is 63.3 Å². The number of ketones is 2. The molecule has 6 atom stereocenters. The molecule has 6 aromatic rings. The number of amidine groups is 2. The Balaban J connectivity index is 0.000000178. The number of rotatable bonds is 17. The van der Waals surface area contributed by atoms with E-state index in [-0.39, 0.29) is 63.0 Å². The second-order valence-electron chi connectivity index (χ2n) is 25.0. The number of carbonyl (C=O) groups excluding carboxylic acids is 6. The van der Waals surface area contributed by atoms with Gasteiger partial charge in [-0.15, -0.1) is 22.7 Å². The number of piperazine rings is 2. The minimum atomic E-state index is -0.852. The molecule has 0 bridgehead atoms. The number of esters is 2. The van der Waals surface area contributed by atoms with Crippen molar-refractivity contribution in [3.8, 4) is 0 Å². The quantitative estimate of drug-likeness (QED) is 0.0819. The molecule has 6 saturated heterocycles. The van der Waals surface area contributed by atoms with Crippen LogP contribution in [0.25, 0.3) is 0 Å². The number of ether oxygens (including phenoxy) is 4. The standard InChI is InChI=1S/C35H37ClFN7O5S.C34H35ClFN7O5S/c1-21(45)15-26-19-42(12-13-49-26)23-4-6-24(7-5-23)44-18-25-17-41(10-11-43(25)35(44)47)20-29-30(34(46)48-2)31(27-8-3-22(37)16-28(27)36)40-32(39-29)33-38-9-14-50-33;1-20(44)28-19-41(12-13-48-28)22-4-6-23(7-5-22)43-17-24-16-40(10-11-42(24)34(43)46)18-27-29(33(45)47-2)30(25-8-3-21(36)15-26(25)35)39-31(38-27)32-37-9-14-49-32/h3-9,14,16,25-26,31H,10-13,15,17-20H2,1-2H3,(H,39,40);3-9,14-15,24,28,30H,10-13,16-19H2,1-2H3,(H,38,39)/t25-,26?,31-;24-,28?,30-/m00/s1. The summed E-state index contributed by atoms with van der Waals surface area (Å²) in [6, 6.07) is 22.0. The maximum atomic E-state index is 14.0. The van der Waals surface area contributed by atoms with Gasteiger partial charge >= 0.3 is 24.0 Å². The van der Waals surface area contributed by atoms with Crippen molar-refractivity contribution < 1.29 is 56.5 Å². The van der Waals surface area contributed by atoms with Gasteiger partial charge in [-0.05, 0) is 86.6 Å². The van der Waals surface area contributed by atoms with Gasteiger partial charge in [0.25, 0.3) is 0 Å². The van der Waals surface area contributed by atoms with Crippen LogP contribution in [0.1, 0.15) is 53.5 Å². The topological polar surface area (TPSA) is 240 Å². The fourth-order valence-electron chi connectivity index (χ4n) is 13.9. The second kappa shape index (κ2) is 30.0. The largest absolute Gasteiger partial charge is 0.466 e. The molecule has 30 heteroatoms. The first-order valence-electron chi connectivity index (χ1n) is 32.4. The molecule has 24 nitrogen and oxygen atoms in total. The summed E-state index contributed by atoms with van der Waals surface area (Å²) in [4.78, 5) is 112. The molecule has 0 radical (unpaired) electrons. The molecule has 518 valence electrons. The van der Waals surface area contributed by atoms with Crippen molar-refractivity contribution in [2.45, 2.75) is 56.6 Å². The predicted molar refractivity (Wildman–Crippen MR) is 372 cm³/mol. The number of nitrogens with one attached hydrogen (secondary N) is 2. The van der Waals surface area contributed by atoms with Gasteiger partial charge < -0.3 is 49.2 Å². The number of hydrogen-bond donors (Lipinski definition) is 2. The highest BCUT2D eigenvalue weighted by Gasteiger charge is 2.45. The van der Waals surface area contributed by atoms with Crippen molar-refractivity contribution in [3.63, 3.8) is 0 Å². The van der Waals surface area contributed by atoms with Crippen LogP contribution in [0.2, 0.25) is 10.0 Å². The van der Waals surface area contributed by atoms with E-state index in [1.54, 1.807) is 31.1 Å². The average Bonchev–Trinajstić information content (AvgIpc) is 1.66.